The predicted octanol–water partition coefficient (Wildman–Crippen LogP) is 5.07. The van der Waals surface area contributed by atoms with Gasteiger partial charge in [-0.2, -0.15) is 5.10 Å². The van der Waals surface area contributed by atoms with Crippen LogP contribution in [0.25, 0.3) is 16.9 Å². The van der Waals surface area contributed by atoms with Crippen molar-refractivity contribution < 1.29 is 18.5 Å². The molecular formula is C30H32N4O4S. The fourth-order valence-electron chi connectivity index (χ4n) is 5.50. The molecule has 39 heavy (non-hydrogen) atoms. The molecule has 4 heterocycles. The van der Waals surface area contributed by atoms with Crippen molar-refractivity contribution in [3.05, 3.63) is 78.5 Å². The number of ether oxygens (including phenoxy) is 2. The molecular weight excluding hydrogens is 512 g/mol. The van der Waals surface area contributed by atoms with Gasteiger partial charge in [0, 0.05) is 54.1 Å². The summed E-state index contributed by atoms with van der Waals surface area (Å²) in [5, 5.41) is 4.90. The van der Waals surface area contributed by atoms with E-state index in [0.717, 1.165) is 46.9 Å². The van der Waals surface area contributed by atoms with Crippen LogP contribution < -0.4 is 4.74 Å². The number of nitrogens with zero attached hydrogens (tertiary/aromatic N) is 4. The van der Waals surface area contributed by atoms with Gasteiger partial charge in [-0.15, -0.1) is 0 Å². The molecule has 4 aromatic rings. The Morgan fingerprint density at radius 1 is 1.15 bits per heavy atom. The Kier molecular flexibility index (Phi) is 7.43. The van der Waals surface area contributed by atoms with Crippen molar-refractivity contribution in [2.45, 2.75) is 43.4 Å². The zero-order valence-corrected chi connectivity index (χ0v) is 22.8. The summed E-state index contributed by atoms with van der Waals surface area (Å²) < 4.78 is 28.7. The predicted molar refractivity (Wildman–Crippen MR) is 148 cm³/mol. The van der Waals surface area contributed by atoms with Crippen molar-refractivity contribution in [3.63, 3.8) is 0 Å². The molecule has 0 radical (unpaired) electrons. The van der Waals surface area contributed by atoms with E-state index >= 15 is 0 Å². The fraction of sp³-hybridized carbons (Fsp3) is 0.367. The summed E-state index contributed by atoms with van der Waals surface area (Å²) in [4.78, 5) is 18.6. The standard InChI is InChI=1S/C30H32N4O4S/c1-21-9-14-37-15-10-22(21)17-27(35)29-26-19-39(36)28-8-3-2-7-25(28)30(26)34(32-29)23-5-4-6-24(18-23)38-16-13-33-12-11-31-20-33/h2-8,11-12,18,20-22H,9-10,13-17,19H2,1H3. The van der Waals surface area contributed by atoms with Gasteiger partial charge in [0.15, 0.2) is 5.78 Å². The molecule has 2 aromatic heterocycles. The number of hydrogen-bond acceptors (Lipinski definition) is 6. The van der Waals surface area contributed by atoms with E-state index in [1.165, 1.54) is 0 Å². The number of hydrogen-bond donors (Lipinski definition) is 0. The monoisotopic (exact) mass is 544 g/mol. The van der Waals surface area contributed by atoms with Gasteiger partial charge in [-0.05, 0) is 42.9 Å². The van der Waals surface area contributed by atoms with Gasteiger partial charge in [0.2, 0.25) is 0 Å². The quantitative estimate of drug-likeness (QED) is 0.288. The van der Waals surface area contributed by atoms with Gasteiger partial charge in [-0.3, -0.25) is 9.00 Å². The van der Waals surface area contributed by atoms with Gasteiger partial charge in [-0.25, -0.2) is 9.67 Å². The van der Waals surface area contributed by atoms with Crippen LogP contribution in [0, 0.1) is 11.8 Å². The molecule has 0 amide bonds. The van der Waals surface area contributed by atoms with Crippen molar-refractivity contribution in [3.8, 4) is 22.7 Å². The van der Waals surface area contributed by atoms with Gasteiger partial charge in [0.1, 0.15) is 18.1 Å². The van der Waals surface area contributed by atoms with Gasteiger partial charge in [0.25, 0.3) is 0 Å². The molecule has 2 aliphatic rings. The molecule has 1 saturated heterocycles. The van der Waals surface area contributed by atoms with Crippen molar-refractivity contribution in [2.75, 3.05) is 19.8 Å². The first-order valence-corrected chi connectivity index (χ1v) is 14.8. The average Bonchev–Trinajstić information content (AvgIpc) is 3.56. The third kappa shape index (κ3) is 5.33. The molecule has 1 fully saturated rings. The van der Waals surface area contributed by atoms with Crippen molar-refractivity contribution in [2.24, 2.45) is 11.8 Å². The van der Waals surface area contributed by atoms with E-state index in [-0.39, 0.29) is 17.5 Å². The SMILES string of the molecule is CC1CCOCCC1CC(=O)c1nn(-c2cccc(OCCn3ccnc3)c2)c2c1CS(=O)c1ccccc1-2. The van der Waals surface area contributed by atoms with Crippen LogP contribution in [0.1, 0.15) is 42.2 Å². The Balaban J connectivity index is 1.36. The molecule has 202 valence electrons. The Labute approximate surface area is 230 Å². The fourth-order valence-corrected chi connectivity index (χ4v) is 6.83. The molecule has 3 unspecified atom stereocenters. The molecule has 2 aromatic carbocycles. The smallest absolute Gasteiger partial charge is 0.183 e. The molecule has 9 heteroatoms. The second kappa shape index (κ2) is 11.3. The van der Waals surface area contributed by atoms with E-state index in [4.69, 9.17) is 14.6 Å². The van der Waals surface area contributed by atoms with Crippen LogP contribution in [0.2, 0.25) is 0 Å². The minimum Gasteiger partial charge on any atom is -0.492 e. The molecule has 3 atom stereocenters. The minimum absolute atomic E-state index is 0.00729. The highest BCUT2D eigenvalue weighted by molar-refractivity contribution is 7.84. The van der Waals surface area contributed by atoms with Crippen molar-refractivity contribution >= 4 is 16.6 Å². The first-order chi connectivity index (χ1) is 19.1. The Bertz CT molecular complexity index is 1500. The maximum absolute atomic E-state index is 13.8. The molecule has 0 bridgehead atoms. The lowest BCUT2D eigenvalue weighted by atomic mass is 9.84. The van der Waals surface area contributed by atoms with E-state index in [1.807, 2.05) is 64.0 Å². The third-order valence-electron chi connectivity index (χ3n) is 7.75. The maximum Gasteiger partial charge on any atom is 0.183 e. The second-order valence-electron chi connectivity index (χ2n) is 10.3. The molecule has 0 saturated carbocycles. The Morgan fingerprint density at radius 2 is 2.03 bits per heavy atom. The molecule has 8 nitrogen and oxygen atoms in total. The number of ketones is 1. The van der Waals surface area contributed by atoms with Gasteiger partial charge in [0.05, 0.1) is 40.8 Å². The highest BCUT2D eigenvalue weighted by atomic mass is 32.2. The Hall–Kier alpha value is -3.56. The van der Waals surface area contributed by atoms with Crippen LogP contribution >= 0.6 is 0 Å². The summed E-state index contributed by atoms with van der Waals surface area (Å²) in [7, 11) is -1.24. The van der Waals surface area contributed by atoms with E-state index in [9.17, 15) is 9.00 Å². The molecule has 0 aliphatic carbocycles. The lowest BCUT2D eigenvalue weighted by Gasteiger charge is -2.20. The van der Waals surface area contributed by atoms with E-state index in [2.05, 4.69) is 11.9 Å². The van der Waals surface area contributed by atoms with Crippen LogP contribution in [0.3, 0.4) is 0 Å². The number of carbonyl (C=O) groups is 1. The van der Waals surface area contributed by atoms with Crippen LogP contribution in [0.4, 0.5) is 0 Å². The lowest BCUT2D eigenvalue weighted by molar-refractivity contribution is 0.0934. The summed E-state index contributed by atoms with van der Waals surface area (Å²) in [6.45, 7) is 4.80. The minimum atomic E-state index is -1.24. The first-order valence-electron chi connectivity index (χ1n) is 13.5. The Morgan fingerprint density at radius 3 is 2.90 bits per heavy atom. The van der Waals surface area contributed by atoms with E-state index < -0.39 is 10.8 Å². The number of benzene rings is 2. The maximum atomic E-state index is 13.8. The summed E-state index contributed by atoms with van der Waals surface area (Å²) in [6, 6.07) is 15.4. The lowest BCUT2D eigenvalue weighted by Crippen LogP contribution is -2.18. The van der Waals surface area contributed by atoms with Crippen molar-refractivity contribution in [1.29, 1.82) is 0 Å². The normalized spacial score (nSPS) is 20.6. The van der Waals surface area contributed by atoms with Crippen molar-refractivity contribution in [1.82, 2.24) is 19.3 Å². The second-order valence-corrected chi connectivity index (χ2v) is 11.7. The van der Waals surface area contributed by atoms with Gasteiger partial charge < -0.3 is 14.0 Å². The topological polar surface area (TPSA) is 88.2 Å². The summed E-state index contributed by atoms with van der Waals surface area (Å²) in [6.07, 6.45) is 7.64. The molecule has 2 aliphatic heterocycles. The zero-order chi connectivity index (χ0) is 26.8. The number of rotatable bonds is 8. The summed E-state index contributed by atoms with van der Waals surface area (Å²) >= 11 is 0. The van der Waals surface area contributed by atoms with Crippen LogP contribution in [-0.4, -0.2) is 49.1 Å². The summed E-state index contributed by atoms with van der Waals surface area (Å²) in [5.74, 6) is 1.64. The number of aromatic nitrogens is 4. The average molecular weight is 545 g/mol. The third-order valence-corrected chi connectivity index (χ3v) is 9.15. The highest BCUT2D eigenvalue weighted by Gasteiger charge is 2.33. The highest BCUT2D eigenvalue weighted by Crippen LogP contribution is 2.40. The molecule has 0 spiro atoms. The van der Waals surface area contributed by atoms with Crippen LogP contribution in [0.15, 0.2) is 72.1 Å². The zero-order valence-electron chi connectivity index (χ0n) is 22.0. The number of Topliss-reactive ketones (excluding diaryl/α,β-unsaturated/α-hetero) is 1. The van der Waals surface area contributed by atoms with Gasteiger partial charge >= 0.3 is 0 Å². The van der Waals surface area contributed by atoms with E-state index in [1.54, 1.807) is 12.5 Å². The molecule has 0 N–H and O–H groups in total. The van der Waals surface area contributed by atoms with E-state index in [0.29, 0.717) is 43.5 Å². The number of fused-ring (bicyclic) bond motifs is 3. The first kappa shape index (κ1) is 25.7. The number of carbonyl (C=O) groups excluding carboxylic acids is 1. The van der Waals surface area contributed by atoms with Crippen LogP contribution in [-0.2, 0) is 27.8 Å². The number of imidazole rings is 1. The summed E-state index contributed by atoms with van der Waals surface area (Å²) in [5.41, 5.74) is 3.68. The molecule has 6 rings (SSSR count). The largest absolute Gasteiger partial charge is 0.492 e. The van der Waals surface area contributed by atoms with Gasteiger partial charge in [-0.1, -0.05) is 31.2 Å². The van der Waals surface area contributed by atoms with Crippen LogP contribution in [0.5, 0.6) is 5.75 Å².